The Balaban J connectivity index is 1.39. The number of carbonyl (C=O) groups is 1. The predicted octanol–water partition coefficient (Wildman–Crippen LogP) is 4.52. The van der Waals surface area contributed by atoms with Crippen molar-refractivity contribution >= 4 is 44.9 Å². The lowest BCUT2D eigenvalue weighted by Gasteiger charge is -2.25. The van der Waals surface area contributed by atoms with Crippen LogP contribution < -0.4 is 14.9 Å². The minimum Gasteiger partial charge on any atom is -0.485 e. The molecule has 5 nitrogen and oxygen atoms in total. The van der Waals surface area contributed by atoms with E-state index >= 15 is 0 Å². The number of amides is 1. The summed E-state index contributed by atoms with van der Waals surface area (Å²) in [5.41, 5.74) is 3.52. The molecule has 1 unspecified atom stereocenters. The van der Waals surface area contributed by atoms with Crippen LogP contribution in [-0.2, 0) is 4.79 Å². The maximum absolute atomic E-state index is 12.3. The SMILES string of the molecule is O=C(NN=CC(Br)=Cc1ccccc1)C1COc2cc3ccccc3cc2O1. The molecule has 4 rings (SSSR count). The van der Waals surface area contributed by atoms with Crippen LogP contribution in [0.3, 0.4) is 0 Å². The molecule has 3 aromatic carbocycles. The number of allylic oxidation sites excluding steroid dienone is 1. The lowest BCUT2D eigenvalue weighted by atomic mass is 10.1. The van der Waals surface area contributed by atoms with Gasteiger partial charge in [-0.15, -0.1) is 0 Å². The summed E-state index contributed by atoms with van der Waals surface area (Å²) in [4.78, 5) is 12.3. The predicted molar refractivity (Wildman–Crippen MR) is 114 cm³/mol. The number of rotatable bonds is 4. The molecule has 1 aliphatic rings. The number of fused-ring (bicyclic) bond motifs is 2. The highest BCUT2D eigenvalue weighted by atomic mass is 79.9. The van der Waals surface area contributed by atoms with Crippen LogP contribution in [0.25, 0.3) is 16.8 Å². The zero-order valence-corrected chi connectivity index (χ0v) is 16.4. The lowest BCUT2D eigenvalue weighted by Crippen LogP contribution is -2.42. The van der Waals surface area contributed by atoms with Crippen molar-refractivity contribution in [1.82, 2.24) is 5.43 Å². The molecule has 1 amide bonds. The molecule has 1 heterocycles. The Morgan fingerprint density at radius 1 is 1.04 bits per heavy atom. The number of nitrogens with zero attached hydrogens (tertiary/aromatic N) is 1. The van der Waals surface area contributed by atoms with Gasteiger partial charge in [0, 0.05) is 4.48 Å². The average molecular weight is 437 g/mol. The number of nitrogens with one attached hydrogen (secondary N) is 1. The molecule has 0 saturated carbocycles. The van der Waals surface area contributed by atoms with Crippen molar-refractivity contribution < 1.29 is 14.3 Å². The summed E-state index contributed by atoms with van der Waals surface area (Å²) in [5.74, 6) is 0.828. The van der Waals surface area contributed by atoms with Gasteiger partial charge in [0.2, 0.25) is 6.10 Å². The third kappa shape index (κ3) is 4.23. The second-order valence-corrected chi connectivity index (χ2v) is 7.15. The average Bonchev–Trinajstić information content (AvgIpc) is 2.72. The molecule has 0 saturated heterocycles. The number of ether oxygens (including phenoxy) is 2. The lowest BCUT2D eigenvalue weighted by molar-refractivity contribution is -0.130. The Hall–Kier alpha value is -3.12. The van der Waals surface area contributed by atoms with E-state index < -0.39 is 6.10 Å². The first kappa shape index (κ1) is 18.3. The van der Waals surface area contributed by atoms with E-state index in [0.29, 0.717) is 11.5 Å². The summed E-state index contributed by atoms with van der Waals surface area (Å²) in [6, 6.07) is 21.5. The Labute approximate surface area is 170 Å². The van der Waals surface area contributed by atoms with Crippen LogP contribution >= 0.6 is 15.9 Å². The van der Waals surface area contributed by atoms with Crippen LogP contribution in [0.2, 0.25) is 0 Å². The quantitative estimate of drug-likeness (QED) is 0.483. The van der Waals surface area contributed by atoms with Crippen molar-refractivity contribution in [3.8, 4) is 11.5 Å². The summed E-state index contributed by atoms with van der Waals surface area (Å²) >= 11 is 3.41. The van der Waals surface area contributed by atoms with Crippen LogP contribution in [0.5, 0.6) is 11.5 Å². The minimum atomic E-state index is -0.761. The molecule has 1 atom stereocenters. The molecule has 1 N–H and O–H groups in total. The number of carbonyl (C=O) groups excluding carboxylic acids is 1. The number of hydrazone groups is 1. The zero-order valence-electron chi connectivity index (χ0n) is 14.8. The van der Waals surface area contributed by atoms with E-state index in [0.717, 1.165) is 20.8 Å². The number of hydrogen-bond donors (Lipinski definition) is 1. The Kier molecular flexibility index (Phi) is 5.39. The van der Waals surface area contributed by atoms with E-state index in [2.05, 4.69) is 26.5 Å². The largest absolute Gasteiger partial charge is 0.485 e. The molecule has 3 aromatic rings. The van der Waals surface area contributed by atoms with Crippen LogP contribution in [0.15, 0.2) is 76.3 Å². The molecule has 140 valence electrons. The van der Waals surface area contributed by atoms with Crippen LogP contribution in [-0.4, -0.2) is 24.8 Å². The highest BCUT2D eigenvalue weighted by Crippen LogP contribution is 2.35. The summed E-state index contributed by atoms with van der Waals surface area (Å²) in [7, 11) is 0. The third-order valence-corrected chi connectivity index (χ3v) is 4.66. The topological polar surface area (TPSA) is 59.9 Å². The van der Waals surface area contributed by atoms with Gasteiger partial charge in [-0.25, -0.2) is 5.43 Å². The van der Waals surface area contributed by atoms with E-state index in [1.54, 1.807) is 0 Å². The number of benzene rings is 3. The van der Waals surface area contributed by atoms with E-state index in [4.69, 9.17) is 9.47 Å². The first-order chi connectivity index (χ1) is 13.7. The van der Waals surface area contributed by atoms with Crippen molar-refractivity contribution in [2.75, 3.05) is 6.61 Å². The van der Waals surface area contributed by atoms with Gasteiger partial charge in [0.15, 0.2) is 11.5 Å². The van der Waals surface area contributed by atoms with Gasteiger partial charge in [-0.1, -0.05) is 54.6 Å². The van der Waals surface area contributed by atoms with Crippen LogP contribution in [0.1, 0.15) is 5.56 Å². The smallest absolute Gasteiger partial charge is 0.284 e. The van der Waals surface area contributed by atoms with Crippen LogP contribution in [0.4, 0.5) is 0 Å². The molecule has 6 heteroatoms. The fraction of sp³-hybridized carbons (Fsp3) is 0.0909. The molecular formula is C22H17BrN2O3. The van der Waals surface area contributed by atoms with Crippen molar-refractivity contribution in [2.24, 2.45) is 5.10 Å². The summed E-state index contributed by atoms with van der Waals surface area (Å²) in [6.07, 6.45) is 2.66. The third-order valence-electron chi connectivity index (χ3n) is 4.23. The molecular weight excluding hydrogens is 420 g/mol. The van der Waals surface area contributed by atoms with E-state index in [-0.39, 0.29) is 12.5 Å². The molecule has 28 heavy (non-hydrogen) atoms. The molecule has 0 aliphatic carbocycles. The second-order valence-electron chi connectivity index (χ2n) is 6.24. The Bertz CT molecular complexity index is 1060. The van der Waals surface area contributed by atoms with Gasteiger partial charge in [0.05, 0.1) is 6.21 Å². The Morgan fingerprint density at radius 2 is 1.71 bits per heavy atom. The van der Waals surface area contributed by atoms with Gasteiger partial charge in [-0.05, 0) is 50.5 Å². The monoisotopic (exact) mass is 436 g/mol. The first-order valence-corrected chi connectivity index (χ1v) is 9.56. The summed E-state index contributed by atoms with van der Waals surface area (Å²) < 4.78 is 12.3. The van der Waals surface area contributed by atoms with E-state index in [9.17, 15) is 4.79 Å². The zero-order chi connectivity index (χ0) is 19.3. The first-order valence-electron chi connectivity index (χ1n) is 8.76. The molecule has 0 aromatic heterocycles. The van der Waals surface area contributed by atoms with Gasteiger partial charge < -0.3 is 9.47 Å². The second kappa shape index (κ2) is 8.27. The fourth-order valence-corrected chi connectivity index (χ4v) is 3.23. The van der Waals surface area contributed by atoms with Gasteiger partial charge in [0.1, 0.15) is 6.61 Å². The van der Waals surface area contributed by atoms with Gasteiger partial charge >= 0.3 is 0 Å². The number of hydrogen-bond acceptors (Lipinski definition) is 4. The Morgan fingerprint density at radius 3 is 2.46 bits per heavy atom. The minimum absolute atomic E-state index is 0.133. The maximum atomic E-state index is 12.3. The highest BCUT2D eigenvalue weighted by molar-refractivity contribution is 9.12. The van der Waals surface area contributed by atoms with Crippen molar-refractivity contribution in [1.29, 1.82) is 0 Å². The molecule has 1 aliphatic heterocycles. The number of halogens is 1. The van der Waals surface area contributed by atoms with Gasteiger partial charge in [-0.2, -0.15) is 5.10 Å². The summed E-state index contributed by atoms with van der Waals surface area (Å²) in [6.45, 7) is 0.133. The molecule has 0 spiro atoms. The van der Waals surface area contributed by atoms with Crippen molar-refractivity contribution in [3.63, 3.8) is 0 Å². The normalized spacial score (nSPS) is 16.3. The molecule has 0 fully saturated rings. The molecule has 0 bridgehead atoms. The van der Waals surface area contributed by atoms with E-state index in [1.165, 1.54) is 6.21 Å². The standard InChI is InChI=1S/C22H17BrN2O3/c23-18(10-15-6-2-1-3-7-15)13-24-25-22(26)21-14-27-19-11-16-8-4-5-9-17(16)12-20(19)28-21/h1-13,21H,14H2,(H,25,26). The fourth-order valence-electron chi connectivity index (χ4n) is 2.86. The molecule has 0 radical (unpaired) electrons. The van der Waals surface area contributed by atoms with E-state index in [1.807, 2.05) is 72.8 Å². The van der Waals surface area contributed by atoms with Crippen molar-refractivity contribution in [2.45, 2.75) is 6.10 Å². The van der Waals surface area contributed by atoms with Crippen LogP contribution in [0, 0.1) is 0 Å². The van der Waals surface area contributed by atoms with Gasteiger partial charge in [-0.3, -0.25) is 4.79 Å². The summed E-state index contributed by atoms with van der Waals surface area (Å²) in [5, 5.41) is 6.06. The highest BCUT2D eigenvalue weighted by Gasteiger charge is 2.27. The van der Waals surface area contributed by atoms with Gasteiger partial charge in [0.25, 0.3) is 5.91 Å². The van der Waals surface area contributed by atoms with Crippen molar-refractivity contribution in [3.05, 3.63) is 76.8 Å². The maximum Gasteiger partial charge on any atom is 0.284 e.